The lowest BCUT2D eigenvalue weighted by molar-refractivity contribution is 0.383. The molecule has 0 aliphatic rings. The van der Waals surface area contributed by atoms with Crippen molar-refractivity contribution in [3.8, 4) is 5.75 Å². The minimum absolute atomic E-state index is 0.199. The average Bonchev–Trinajstić information content (AvgIpc) is 2.54. The molecule has 0 saturated heterocycles. The fraction of sp³-hybridized carbons (Fsp3) is 0.118. The summed E-state index contributed by atoms with van der Waals surface area (Å²) in [5, 5.41) is 0.980. The Bertz CT molecular complexity index is 789. The predicted molar refractivity (Wildman–Crippen MR) is 80.7 cm³/mol. The molecule has 3 aromatic rings. The van der Waals surface area contributed by atoms with E-state index in [0.717, 1.165) is 16.5 Å². The zero-order valence-corrected chi connectivity index (χ0v) is 11.6. The standard InChI is InChI=1S/C17H15FN2O/c1-21-15-6-2-5-13(16(15)18)17(19)12-7-8-14-11(10-12)4-3-9-20-14/h2-10,17H,19H2,1H3. The lowest BCUT2D eigenvalue weighted by atomic mass is 9.97. The van der Waals surface area contributed by atoms with E-state index in [1.54, 1.807) is 24.4 Å². The number of hydrogen-bond donors (Lipinski definition) is 1. The Hall–Kier alpha value is -2.46. The highest BCUT2D eigenvalue weighted by Crippen LogP contribution is 2.28. The topological polar surface area (TPSA) is 48.1 Å². The number of fused-ring (bicyclic) bond motifs is 1. The molecular formula is C17H15FN2O. The molecule has 0 fully saturated rings. The summed E-state index contributed by atoms with van der Waals surface area (Å²) in [5.74, 6) is -0.218. The van der Waals surface area contributed by atoms with Crippen molar-refractivity contribution in [2.24, 2.45) is 5.73 Å². The van der Waals surface area contributed by atoms with Crippen molar-refractivity contribution in [1.29, 1.82) is 0 Å². The first kappa shape index (κ1) is 13.5. The molecule has 2 aromatic carbocycles. The summed E-state index contributed by atoms with van der Waals surface area (Å²) in [4.78, 5) is 4.26. The fourth-order valence-corrected chi connectivity index (χ4v) is 2.39. The van der Waals surface area contributed by atoms with E-state index in [0.29, 0.717) is 5.56 Å². The van der Waals surface area contributed by atoms with Gasteiger partial charge in [0.1, 0.15) is 0 Å². The van der Waals surface area contributed by atoms with Gasteiger partial charge < -0.3 is 10.5 Å². The second-order valence-electron chi connectivity index (χ2n) is 4.80. The van der Waals surface area contributed by atoms with Crippen molar-refractivity contribution in [1.82, 2.24) is 4.98 Å². The monoisotopic (exact) mass is 282 g/mol. The Kier molecular flexibility index (Phi) is 3.54. The molecule has 0 aliphatic heterocycles. The minimum atomic E-state index is -0.551. The number of ether oxygens (including phenoxy) is 1. The second kappa shape index (κ2) is 5.50. The molecule has 1 atom stereocenters. The van der Waals surface area contributed by atoms with Gasteiger partial charge in [-0.1, -0.05) is 24.3 Å². The van der Waals surface area contributed by atoms with Crippen molar-refractivity contribution < 1.29 is 9.13 Å². The van der Waals surface area contributed by atoms with Crippen LogP contribution >= 0.6 is 0 Å². The van der Waals surface area contributed by atoms with Crippen LogP contribution in [0, 0.1) is 5.82 Å². The van der Waals surface area contributed by atoms with Crippen molar-refractivity contribution in [3.63, 3.8) is 0 Å². The molecule has 21 heavy (non-hydrogen) atoms. The first-order valence-electron chi connectivity index (χ1n) is 6.63. The van der Waals surface area contributed by atoms with E-state index in [1.807, 2.05) is 30.3 Å². The molecule has 0 spiro atoms. The predicted octanol–water partition coefficient (Wildman–Crippen LogP) is 3.43. The van der Waals surface area contributed by atoms with Gasteiger partial charge >= 0.3 is 0 Å². The smallest absolute Gasteiger partial charge is 0.170 e. The molecule has 2 N–H and O–H groups in total. The van der Waals surface area contributed by atoms with Crippen LogP contribution < -0.4 is 10.5 Å². The van der Waals surface area contributed by atoms with E-state index in [9.17, 15) is 4.39 Å². The zero-order chi connectivity index (χ0) is 14.8. The molecule has 0 bridgehead atoms. The lowest BCUT2D eigenvalue weighted by Crippen LogP contribution is -2.14. The number of rotatable bonds is 3. The Labute approximate surface area is 122 Å². The highest BCUT2D eigenvalue weighted by atomic mass is 19.1. The number of nitrogens with zero attached hydrogens (tertiary/aromatic N) is 1. The number of pyridine rings is 1. The van der Waals surface area contributed by atoms with E-state index in [1.165, 1.54) is 7.11 Å². The Morgan fingerprint density at radius 1 is 1.14 bits per heavy atom. The summed E-state index contributed by atoms with van der Waals surface area (Å²) in [6.07, 6.45) is 1.74. The van der Waals surface area contributed by atoms with Gasteiger partial charge in [-0.3, -0.25) is 4.98 Å². The summed E-state index contributed by atoms with van der Waals surface area (Å²) in [6, 6.07) is 14.0. The Balaban J connectivity index is 2.06. The van der Waals surface area contributed by atoms with Crippen LogP contribution in [0.1, 0.15) is 17.2 Å². The number of hydrogen-bond acceptors (Lipinski definition) is 3. The van der Waals surface area contributed by atoms with Gasteiger partial charge in [0, 0.05) is 17.1 Å². The van der Waals surface area contributed by atoms with E-state index >= 15 is 0 Å². The van der Waals surface area contributed by atoms with E-state index in [4.69, 9.17) is 10.5 Å². The summed E-state index contributed by atoms with van der Waals surface area (Å²) in [5.41, 5.74) is 8.35. The van der Waals surface area contributed by atoms with Gasteiger partial charge in [0.2, 0.25) is 0 Å². The summed E-state index contributed by atoms with van der Waals surface area (Å²) in [7, 11) is 1.44. The SMILES string of the molecule is COc1cccc(C(N)c2ccc3ncccc3c2)c1F. The first-order valence-corrected chi connectivity index (χ1v) is 6.63. The Morgan fingerprint density at radius 2 is 2.00 bits per heavy atom. The normalized spacial score (nSPS) is 12.3. The van der Waals surface area contributed by atoms with Crippen molar-refractivity contribution >= 4 is 10.9 Å². The molecule has 106 valence electrons. The van der Waals surface area contributed by atoms with Crippen LogP contribution in [0.2, 0.25) is 0 Å². The molecular weight excluding hydrogens is 267 g/mol. The molecule has 3 nitrogen and oxygen atoms in total. The van der Waals surface area contributed by atoms with Crippen molar-refractivity contribution in [2.75, 3.05) is 7.11 Å². The van der Waals surface area contributed by atoms with Gasteiger partial charge in [0.25, 0.3) is 0 Å². The van der Waals surface area contributed by atoms with E-state index < -0.39 is 11.9 Å². The Morgan fingerprint density at radius 3 is 2.81 bits per heavy atom. The number of aromatic nitrogens is 1. The molecule has 0 radical (unpaired) electrons. The third-order valence-corrected chi connectivity index (χ3v) is 3.53. The van der Waals surface area contributed by atoms with Gasteiger partial charge in [-0.25, -0.2) is 4.39 Å². The molecule has 0 aliphatic carbocycles. The fourth-order valence-electron chi connectivity index (χ4n) is 2.39. The number of nitrogens with two attached hydrogens (primary N) is 1. The number of halogens is 1. The van der Waals surface area contributed by atoms with Crippen LogP contribution in [0.3, 0.4) is 0 Å². The molecule has 3 rings (SSSR count). The van der Waals surface area contributed by atoms with Crippen LogP contribution in [0.4, 0.5) is 4.39 Å². The number of benzene rings is 2. The molecule has 0 amide bonds. The molecule has 1 heterocycles. The van der Waals surface area contributed by atoms with Crippen LogP contribution in [0.5, 0.6) is 5.75 Å². The largest absolute Gasteiger partial charge is 0.494 e. The second-order valence-corrected chi connectivity index (χ2v) is 4.80. The van der Waals surface area contributed by atoms with Gasteiger partial charge in [-0.2, -0.15) is 0 Å². The summed E-state index contributed by atoms with van der Waals surface area (Å²) < 4.78 is 19.3. The minimum Gasteiger partial charge on any atom is -0.494 e. The van der Waals surface area contributed by atoms with Crippen LogP contribution in [-0.4, -0.2) is 12.1 Å². The van der Waals surface area contributed by atoms with Crippen molar-refractivity contribution in [2.45, 2.75) is 6.04 Å². The van der Waals surface area contributed by atoms with E-state index in [2.05, 4.69) is 4.98 Å². The highest BCUT2D eigenvalue weighted by Gasteiger charge is 2.17. The van der Waals surface area contributed by atoms with Gasteiger partial charge in [-0.05, 0) is 29.8 Å². The molecule has 0 saturated carbocycles. The summed E-state index contributed by atoms with van der Waals surface area (Å²) in [6.45, 7) is 0. The van der Waals surface area contributed by atoms with Gasteiger partial charge in [-0.15, -0.1) is 0 Å². The highest BCUT2D eigenvalue weighted by molar-refractivity contribution is 5.79. The van der Waals surface area contributed by atoms with Crippen LogP contribution in [0.25, 0.3) is 10.9 Å². The summed E-state index contributed by atoms with van der Waals surface area (Å²) >= 11 is 0. The van der Waals surface area contributed by atoms with Crippen LogP contribution in [-0.2, 0) is 0 Å². The molecule has 1 unspecified atom stereocenters. The zero-order valence-electron chi connectivity index (χ0n) is 11.6. The van der Waals surface area contributed by atoms with E-state index in [-0.39, 0.29) is 5.75 Å². The third kappa shape index (κ3) is 2.45. The molecule has 1 aromatic heterocycles. The van der Waals surface area contributed by atoms with Gasteiger partial charge in [0.15, 0.2) is 11.6 Å². The maximum absolute atomic E-state index is 14.3. The quantitative estimate of drug-likeness (QED) is 0.800. The number of methoxy groups -OCH3 is 1. The maximum atomic E-state index is 14.3. The van der Waals surface area contributed by atoms with Crippen LogP contribution in [0.15, 0.2) is 54.7 Å². The van der Waals surface area contributed by atoms with Gasteiger partial charge in [0.05, 0.1) is 18.7 Å². The third-order valence-electron chi connectivity index (χ3n) is 3.53. The molecule has 4 heteroatoms. The first-order chi connectivity index (χ1) is 10.2. The lowest BCUT2D eigenvalue weighted by Gasteiger charge is -2.15. The maximum Gasteiger partial charge on any atom is 0.170 e. The average molecular weight is 282 g/mol. The van der Waals surface area contributed by atoms with Crippen molar-refractivity contribution in [3.05, 3.63) is 71.7 Å².